The number of nitrogens with one attached hydrogen (secondary N) is 1. The van der Waals surface area contributed by atoms with E-state index in [-0.39, 0.29) is 11.4 Å². The predicted molar refractivity (Wildman–Crippen MR) is 130 cm³/mol. The van der Waals surface area contributed by atoms with Crippen LogP contribution in [0.1, 0.15) is 68.1 Å². The van der Waals surface area contributed by atoms with Crippen molar-refractivity contribution in [1.29, 1.82) is 0 Å². The van der Waals surface area contributed by atoms with E-state index in [0.29, 0.717) is 16.8 Å². The fraction of sp³-hybridized carbons (Fsp3) is 0.429. The van der Waals surface area contributed by atoms with Gasteiger partial charge in [-0.25, -0.2) is 9.18 Å². The molecule has 3 aliphatic rings. The first-order chi connectivity index (χ1) is 17.1. The lowest BCUT2D eigenvalue weighted by molar-refractivity contribution is 0.0109. The van der Waals surface area contributed by atoms with Gasteiger partial charge in [0.2, 0.25) is 0 Å². The SMILES string of the molecule is O=C(Nc1ccc(F)cc1)O/N=c1/oc2cc3c(cc2c2c1CCCC2)CCC1(CCCCC1)O3. The molecular weight excluding hydrogens is 447 g/mol. The fourth-order valence-corrected chi connectivity index (χ4v) is 5.85. The highest BCUT2D eigenvalue weighted by molar-refractivity contribution is 5.85. The van der Waals surface area contributed by atoms with Crippen LogP contribution in [0.5, 0.6) is 5.75 Å². The summed E-state index contributed by atoms with van der Waals surface area (Å²) in [5.41, 5.74) is 4.88. The molecule has 2 aromatic carbocycles. The molecule has 3 aromatic rings. The van der Waals surface area contributed by atoms with Gasteiger partial charge in [-0.3, -0.25) is 10.2 Å². The van der Waals surface area contributed by atoms with E-state index in [9.17, 15) is 9.18 Å². The Kier molecular flexibility index (Phi) is 5.71. The number of aryl methyl sites for hydroxylation is 2. The van der Waals surface area contributed by atoms with Crippen LogP contribution in [-0.2, 0) is 24.1 Å². The van der Waals surface area contributed by atoms with E-state index in [4.69, 9.17) is 14.0 Å². The van der Waals surface area contributed by atoms with Crippen LogP contribution in [-0.4, -0.2) is 11.7 Å². The first-order valence-corrected chi connectivity index (χ1v) is 12.7. The molecule has 2 aliphatic carbocycles. The molecule has 1 fully saturated rings. The van der Waals surface area contributed by atoms with Crippen molar-refractivity contribution in [2.45, 2.75) is 76.2 Å². The Hall–Kier alpha value is -3.35. The molecule has 2 heterocycles. The monoisotopic (exact) mass is 476 g/mol. The number of amides is 1. The van der Waals surface area contributed by atoms with Gasteiger partial charge >= 0.3 is 6.09 Å². The molecule has 1 aliphatic heterocycles. The van der Waals surface area contributed by atoms with Gasteiger partial charge in [-0.2, -0.15) is 0 Å². The van der Waals surface area contributed by atoms with Gasteiger partial charge in [-0.15, -0.1) is 0 Å². The summed E-state index contributed by atoms with van der Waals surface area (Å²) >= 11 is 0. The van der Waals surface area contributed by atoms with Gasteiger partial charge in [0.25, 0.3) is 5.55 Å². The second-order valence-electron chi connectivity index (χ2n) is 9.98. The van der Waals surface area contributed by atoms with Crippen molar-refractivity contribution in [2.24, 2.45) is 5.16 Å². The Morgan fingerprint density at radius 2 is 1.71 bits per heavy atom. The van der Waals surface area contributed by atoms with Crippen molar-refractivity contribution < 1.29 is 23.2 Å². The summed E-state index contributed by atoms with van der Waals surface area (Å²) < 4.78 is 25.9. The number of hydrogen-bond acceptors (Lipinski definition) is 5. The molecule has 1 aromatic heterocycles. The van der Waals surface area contributed by atoms with Crippen LogP contribution < -0.4 is 15.6 Å². The smallest absolute Gasteiger partial charge is 0.437 e. The number of rotatable bonds is 2. The van der Waals surface area contributed by atoms with Crippen LogP contribution in [0.2, 0.25) is 0 Å². The van der Waals surface area contributed by atoms with Crippen molar-refractivity contribution in [3.63, 3.8) is 0 Å². The molecule has 1 saturated carbocycles. The van der Waals surface area contributed by atoms with Crippen molar-refractivity contribution >= 4 is 22.7 Å². The Labute approximate surface area is 203 Å². The third-order valence-corrected chi connectivity index (χ3v) is 7.66. The zero-order valence-corrected chi connectivity index (χ0v) is 19.7. The molecule has 182 valence electrons. The van der Waals surface area contributed by atoms with E-state index in [1.807, 2.05) is 6.07 Å². The summed E-state index contributed by atoms with van der Waals surface area (Å²) in [6.07, 6.45) is 11.2. The molecule has 0 unspecified atom stereocenters. The zero-order chi connectivity index (χ0) is 23.8. The third kappa shape index (κ3) is 4.40. The second kappa shape index (κ2) is 9.02. The van der Waals surface area contributed by atoms with Gasteiger partial charge in [0, 0.05) is 22.7 Å². The maximum absolute atomic E-state index is 13.1. The van der Waals surface area contributed by atoms with Crippen molar-refractivity contribution in [3.8, 4) is 5.75 Å². The number of anilines is 1. The molecule has 6 rings (SSSR count). The highest BCUT2D eigenvalue weighted by Gasteiger charge is 2.37. The van der Waals surface area contributed by atoms with Crippen LogP contribution >= 0.6 is 0 Å². The molecule has 7 heteroatoms. The topological polar surface area (TPSA) is 73.1 Å². The molecule has 6 nitrogen and oxygen atoms in total. The Balaban J connectivity index is 1.34. The van der Waals surface area contributed by atoms with Gasteiger partial charge in [-0.1, -0.05) is 6.42 Å². The van der Waals surface area contributed by atoms with E-state index < -0.39 is 6.09 Å². The average Bonchev–Trinajstić information content (AvgIpc) is 2.88. The van der Waals surface area contributed by atoms with E-state index in [1.165, 1.54) is 54.7 Å². The minimum Gasteiger partial charge on any atom is -0.487 e. The minimum absolute atomic E-state index is 0.0398. The number of benzene rings is 2. The largest absolute Gasteiger partial charge is 0.487 e. The first kappa shape index (κ1) is 22.1. The molecule has 0 atom stereocenters. The van der Waals surface area contributed by atoms with Crippen LogP contribution in [0.3, 0.4) is 0 Å². The van der Waals surface area contributed by atoms with E-state index in [1.54, 1.807) is 0 Å². The lowest BCUT2D eigenvalue weighted by atomic mass is 9.78. The van der Waals surface area contributed by atoms with Gasteiger partial charge < -0.3 is 9.15 Å². The third-order valence-electron chi connectivity index (χ3n) is 7.66. The predicted octanol–water partition coefficient (Wildman–Crippen LogP) is 6.54. The maximum atomic E-state index is 13.1. The summed E-state index contributed by atoms with van der Waals surface area (Å²) in [5.74, 6) is 0.529. The highest BCUT2D eigenvalue weighted by atomic mass is 19.1. The lowest BCUT2D eigenvalue weighted by Gasteiger charge is -2.41. The molecule has 1 amide bonds. The average molecular weight is 477 g/mol. The number of fused-ring (bicyclic) bond motifs is 4. The number of carbonyl (C=O) groups excluding carboxylic acids is 1. The molecule has 0 bridgehead atoms. The van der Waals surface area contributed by atoms with Crippen LogP contribution in [0.25, 0.3) is 11.0 Å². The fourth-order valence-electron chi connectivity index (χ4n) is 5.85. The van der Waals surface area contributed by atoms with E-state index in [0.717, 1.165) is 68.1 Å². The van der Waals surface area contributed by atoms with Crippen molar-refractivity contribution in [2.75, 3.05) is 5.32 Å². The number of nitrogens with zero attached hydrogens (tertiary/aromatic N) is 1. The van der Waals surface area contributed by atoms with E-state index >= 15 is 0 Å². The van der Waals surface area contributed by atoms with Gasteiger partial charge in [0.05, 0.1) is 0 Å². The van der Waals surface area contributed by atoms with Crippen LogP contribution in [0.4, 0.5) is 14.9 Å². The Morgan fingerprint density at radius 3 is 2.51 bits per heavy atom. The molecule has 0 saturated heterocycles. The zero-order valence-electron chi connectivity index (χ0n) is 19.7. The number of ether oxygens (including phenoxy) is 1. The van der Waals surface area contributed by atoms with Crippen molar-refractivity contribution in [1.82, 2.24) is 0 Å². The number of carbonyl (C=O) groups is 1. The van der Waals surface area contributed by atoms with Gasteiger partial charge in [0.15, 0.2) is 0 Å². The van der Waals surface area contributed by atoms with Crippen LogP contribution in [0.15, 0.2) is 46.0 Å². The molecule has 1 N–H and O–H groups in total. The summed E-state index contributed by atoms with van der Waals surface area (Å²) in [6, 6.07) is 9.69. The first-order valence-electron chi connectivity index (χ1n) is 12.7. The summed E-state index contributed by atoms with van der Waals surface area (Å²) in [5, 5.41) is 7.74. The minimum atomic E-state index is -0.760. The molecule has 1 spiro atoms. The standard InChI is InChI=1S/C28H29FN2O4/c29-19-8-10-20(11-9-19)30-27(32)35-31-26-22-7-3-2-6-21(22)23-16-18-12-15-28(13-4-1-5-14-28)34-24(18)17-25(23)33-26/h8-11,16-17H,1-7,12-15H2,(H,30,32)/b31-26+. The molecule has 35 heavy (non-hydrogen) atoms. The number of halogens is 1. The second-order valence-corrected chi connectivity index (χ2v) is 9.98. The molecule has 0 radical (unpaired) electrons. The summed E-state index contributed by atoms with van der Waals surface area (Å²) in [6.45, 7) is 0. The Bertz CT molecular complexity index is 1340. The maximum Gasteiger partial charge on any atom is 0.437 e. The number of hydrogen-bond donors (Lipinski definition) is 1. The normalized spacial score (nSPS) is 19.1. The van der Waals surface area contributed by atoms with E-state index in [2.05, 4.69) is 16.5 Å². The molecular formula is C28H29FN2O4. The summed E-state index contributed by atoms with van der Waals surface area (Å²) in [4.78, 5) is 17.4. The van der Waals surface area contributed by atoms with Crippen LogP contribution in [0, 0.1) is 5.82 Å². The highest BCUT2D eigenvalue weighted by Crippen LogP contribution is 2.43. The lowest BCUT2D eigenvalue weighted by Crippen LogP contribution is -2.41. The van der Waals surface area contributed by atoms with Gasteiger partial charge in [-0.05, 0) is 111 Å². The quantitative estimate of drug-likeness (QED) is 0.337. The summed E-state index contributed by atoms with van der Waals surface area (Å²) in [7, 11) is 0. The van der Waals surface area contributed by atoms with Crippen molar-refractivity contribution in [3.05, 3.63) is 64.5 Å². The van der Waals surface area contributed by atoms with Gasteiger partial charge in [0.1, 0.15) is 22.8 Å². The Morgan fingerprint density at radius 1 is 0.943 bits per heavy atom.